The number of Topliss-reactive ketones (excluding diaryl/α,β-unsaturated/α-hetero) is 1. The molecule has 1 N–H and O–H groups in total. The lowest BCUT2D eigenvalue weighted by molar-refractivity contribution is -0.128. The molecule has 2 heteroatoms. The van der Waals surface area contributed by atoms with Crippen LogP contribution in [0.5, 0.6) is 0 Å². The normalized spacial score (nSPS) is 24.9. The Hall–Kier alpha value is -1.15. The van der Waals surface area contributed by atoms with Gasteiger partial charge in [0.15, 0.2) is 5.78 Å². The molecule has 92 valence electrons. The summed E-state index contributed by atoms with van der Waals surface area (Å²) in [6.45, 7) is 4.98. The molecule has 0 saturated heterocycles. The van der Waals surface area contributed by atoms with Crippen LogP contribution < -0.4 is 5.32 Å². The van der Waals surface area contributed by atoms with Gasteiger partial charge < -0.3 is 5.32 Å². The number of rotatable bonds is 3. The Morgan fingerprint density at radius 2 is 2.18 bits per heavy atom. The zero-order chi connectivity index (χ0) is 12.3. The fraction of sp³-hybridized carbons (Fsp3) is 0.533. The summed E-state index contributed by atoms with van der Waals surface area (Å²) < 4.78 is 0. The molecule has 0 spiro atoms. The summed E-state index contributed by atoms with van der Waals surface area (Å²) in [7, 11) is 0. The molecule has 2 nitrogen and oxygen atoms in total. The van der Waals surface area contributed by atoms with Crippen LogP contribution in [0.2, 0.25) is 0 Å². The number of ketones is 1. The molecule has 0 aliphatic heterocycles. The smallest absolute Gasteiger partial charge is 0.157 e. The minimum Gasteiger partial charge on any atom is -0.302 e. The van der Waals surface area contributed by atoms with Crippen molar-refractivity contribution in [3.8, 4) is 0 Å². The maximum absolute atomic E-state index is 12.4. The zero-order valence-electron chi connectivity index (χ0n) is 10.8. The van der Waals surface area contributed by atoms with Gasteiger partial charge in [0.25, 0.3) is 0 Å². The Kier molecular flexibility index (Phi) is 3.63. The molecule has 0 amide bonds. The summed E-state index contributed by atoms with van der Waals surface area (Å²) in [6, 6.07) is 8.35. The van der Waals surface area contributed by atoms with Gasteiger partial charge in [0, 0.05) is 6.42 Å². The van der Waals surface area contributed by atoms with Crippen molar-refractivity contribution in [3.05, 3.63) is 35.4 Å². The molecule has 0 radical (unpaired) electrons. The lowest BCUT2D eigenvalue weighted by atomic mass is 9.75. The van der Waals surface area contributed by atoms with Gasteiger partial charge in [-0.3, -0.25) is 4.79 Å². The molecule has 1 fully saturated rings. The first kappa shape index (κ1) is 12.3. The molecule has 1 aliphatic carbocycles. The second-order valence-corrected chi connectivity index (χ2v) is 4.94. The topological polar surface area (TPSA) is 29.1 Å². The Morgan fingerprint density at radius 1 is 1.35 bits per heavy atom. The fourth-order valence-corrected chi connectivity index (χ4v) is 2.84. The van der Waals surface area contributed by atoms with E-state index in [1.165, 1.54) is 5.56 Å². The molecular formula is C15H21NO. The Morgan fingerprint density at radius 3 is 2.82 bits per heavy atom. The van der Waals surface area contributed by atoms with Crippen LogP contribution in [-0.4, -0.2) is 12.3 Å². The molecule has 0 heterocycles. The number of hydrogen-bond donors (Lipinski definition) is 1. The van der Waals surface area contributed by atoms with Crippen molar-refractivity contribution in [2.75, 3.05) is 6.54 Å². The SMILES string of the molecule is CCN[C@]1(c2cccc(C)c2)CCCCC1=O. The number of nitrogens with one attached hydrogen (secondary N) is 1. The summed E-state index contributed by atoms with van der Waals surface area (Å²) in [4.78, 5) is 12.4. The minimum absolute atomic E-state index is 0.358. The predicted molar refractivity (Wildman–Crippen MR) is 70.0 cm³/mol. The van der Waals surface area contributed by atoms with E-state index in [-0.39, 0.29) is 0 Å². The van der Waals surface area contributed by atoms with Crippen molar-refractivity contribution in [2.45, 2.75) is 45.1 Å². The highest BCUT2D eigenvalue weighted by molar-refractivity contribution is 5.90. The number of benzene rings is 1. The maximum atomic E-state index is 12.4. The van der Waals surface area contributed by atoms with Crippen molar-refractivity contribution in [1.82, 2.24) is 5.32 Å². The van der Waals surface area contributed by atoms with Crippen LogP contribution in [-0.2, 0) is 10.3 Å². The lowest BCUT2D eigenvalue weighted by Crippen LogP contribution is -2.50. The molecule has 0 unspecified atom stereocenters. The molecule has 1 aliphatic rings. The average molecular weight is 231 g/mol. The Labute approximate surface area is 103 Å². The second kappa shape index (κ2) is 5.01. The fourth-order valence-electron chi connectivity index (χ4n) is 2.84. The molecule has 1 saturated carbocycles. The van der Waals surface area contributed by atoms with Crippen LogP contribution in [0.4, 0.5) is 0 Å². The zero-order valence-corrected chi connectivity index (χ0v) is 10.8. The number of hydrogen-bond acceptors (Lipinski definition) is 2. The molecule has 17 heavy (non-hydrogen) atoms. The molecule has 0 bridgehead atoms. The van der Waals surface area contributed by atoms with Crippen LogP contribution in [0.15, 0.2) is 24.3 Å². The van der Waals surface area contributed by atoms with E-state index in [0.717, 1.165) is 31.4 Å². The van der Waals surface area contributed by atoms with Gasteiger partial charge in [-0.1, -0.05) is 43.2 Å². The Bertz CT molecular complexity index is 409. The van der Waals surface area contributed by atoms with Crippen molar-refractivity contribution in [1.29, 1.82) is 0 Å². The van der Waals surface area contributed by atoms with Gasteiger partial charge in [-0.25, -0.2) is 0 Å². The average Bonchev–Trinajstić information content (AvgIpc) is 2.32. The van der Waals surface area contributed by atoms with E-state index in [0.29, 0.717) is 12.2 Å². The van der Waals surface area contributed by atoms with Crippen LogP contribution in [0.3, 0.4) is 0 Å². The highest BCUT2D eigenvalue weighted by Gasteiger charge is 2.40. The Balaban J connectivity index is 2.42. The van der Waals surface area contributed by atoms with Gasteiger partial charge in [-0.2, -0.15) is 0 Å². The third-order valence-corrected chi connectivity index (χ3v) is 3.67. The van der Waals surface area contributed by atoms with Crippen LogP contribution >= 0.6 is 0 Å². The highest BCUT2D eigenvalue weighted by atomic mass is 16.1. The van der Waals surface area contributed by atoms with Gasteiger partial charge in [-0.05, 0) is 31.9 Å². The molecule has 1 atom stereocenters. The first-order chi connectivity index (χ1) is 8.19. The number of carbonyl (C=O) groups is 1. The molecule has 1 aromatic carbocycles. The van der Waals surface area contributed by atoms with Gasteiger partial charge in [-0.15, -0.1) is 0 Å². The molecule has 0 aromatic heterocycles. The van der Waals surface area contributed by atoms with E-state index >= 15 is 0 Å². The summed E-state index contributed by atoms with van der Waals surface area (Å²) in [5.74, 6) is 0.358. The third-order valence-electron chi connectivity index (χ3n) is 3.67. The largest absolute Gasteiger partial charge is 0.302 e. The first-order valence-corrected chi connectivity index (χ1v) is 6.54. The van der Waals surface area contributed by atoms with Crippen LogP contribution in [0, 0.1) is 6.92 Å². The number of aryl methyl sites for hydroxylation is 1. The van der Waals surface area contributed by atoms with E-state index < -0.39 is 5.54 Å². The molecule has 2 rings (SSSR count). The van der Waals surface area contributed by atoms with E-state index in [1.807, 2.05) is 6.07 Å². The third kappa shape index (κ3) is 2.27. The highest BCUT2D eigenvalue weighted by Crippen LogP contribution is 2.34. The monoisotopic (exact) mass is 231 g/mol. The second-order valence-electron chi connectivity index (χ2n) is 4.94. The maximum Gasteiger partial charge on any atom is 0.157 e. The van der Waals surface area contributed by atoms with Crippen molar-refractivity contribution in [3.63, 3.8) is 0 Å². The van der Waals surface area contributed by atoms with E-state index in [4.69, 9.17) is 0 Å². The summed E-state index contributed by atoms with van der Waals surface area (Å²) in [5, 5.41) is 3.44. The number of carbonyl (C=O) groups excluding carboxylic acids is 1. The minimum atomic E-state index is -0.418. The summed E-state index contributed by atoms with van der Waals surface area (Å²) >= 11 is 0. The van der Waals surface area contributed by atoms with Crippen molar-refractivity contribution >= 4 is 5.78 Å². The van der Waals surface area contributed by atoms with E-state index in [9.17, 15) is 4.79 Å². The van der Waals surface area contributed by atoms with Crippen LogP contribution in [0.1, 0.15) is 43.7 Å². The summed E-state index contributed by atoms with van der Waals surface area (Å²) in [6.07, 6.45) is 3.81. The van der Waals surface area contributed by atoms with Crippen LogP contribution in [0.25, 0.3) is 0 Å². The van der Waals surface area contributed by atoms with Crippen molar-refractivity contribution in [2.24, 2.45) is 0 Å². The molecule has 1 aromatic rings. The van der Waals surface area contributed by atoms with Gasteiger partial charge >= 0.3 is 0 Å². The summed E-state index contributed by atoms with van der Waals surface area (Å²) in [5.41, 5.74) is 1.95. The van der Waals surface area contributed by atoms with Gasteiger partial charge in [0.05, 0.1) is 0 Å². The standard InChI is InChI=1S/C15H21NO/c1-3-16-15(10-5-4-9-14(15)17)13-8-6-7-12(2)11-13/h6-8,11,16H,3-5,9-10H2,1-2H3/t15-/m0/s1. The van der Waals surface area contributed by atoms with Crippen molar-refractivity contribution < 1.29 is 4.79 Å². The quantitative estimate of drug-likeness (QED) is 0.866. The first-order valence-electron chi connectivity index (χ1n) is 6.54. The predicted octanol–water partition coefficient (Wildman–Crippen LogP) is 2.94. The van der Waals surface area contributed by atoms with Gasteiger partial charge in [0.1, 0.15) is 5.54 Å². The van der Waals surface area contributed by atoms with E-state index in [2.05, 4.69) is 37.4 Å². The van der Waals surface area contributed by atoms with Gasteiger partial charge in [0.2, 0.25) is 0 Å². The molecular weight excluding hydrogens is 210 g/mol. The van der Waals surface area contributed by atoms with E-state index in [1.54, 1.807) is 0 Å². The lowest BCUT2D eigenvalue weighted by Gasteiger charge is -2.37. The number of likely N-dealkylation sites (N-methyl/N-ethyl adjacent to an activating group) is 1.